The zero-order valence-electron chi connectivity index (χ0n) is 14.8. The summed E-state index contributed by atoms with van der Waals surface area (Å²) >= 11 is 0. The number of hydrogen-bond acceptors (Lipinski definition) is 4. The zero-order valence-corrected chi connectivity index (χ0v) is 15.6. The molecule has 0 aliphatic heterocycles. The van der Waals surface area contributed by atoms with Crippen LogP contribution in [0.1, 0.15) is 17.3 Å². The fourth-order valence-corrected chi connectivity index (χ4v) is 3.66. The van der Waals surface area contributed by atoms with E-state index in [1.807, 2.05) is 36.4 Å². The molecule has 27 heavy (non-hydrogen) atoms. The van der Waals surface area contributed by atoms with Gasteiger partial charge in [0.2, 0.25) is 0 Å². The molecule has 0 spiro atoms. The van der Waals surface area contributed by atoms with E-state index in [9.17, 15) is 13.8 Å². The maximum absolute atomic E-state index is 12.3. The van der Waals surface area contributed by atoms with Gasteiger partial charge in [-0.2, -0.15) is 0 Å². The summed E-state index contributed by atoms with van der Waals surface area (Å²) in [6, 6.07) is 19.8. The first kappa shape index (κ1) is 18.8. The first-order chi connectivity index (χ1) is 13.1. The maximum atomic E-state index is 12.3. The lowest BCUT2D eigenvalue weighted by Crippen LogP contribution is -2.21. The number of fused-ring (bicyclic) bond motifs is 1. The minimum Gasteiger partial charge on any atom is -0.452 e. The predicted octanol–water partition coefficient (Wildman–Crippen LogP) is 3.76. The van der Waals surface area contributed by atoms with Crippen molar-refractivity contribution in [2.45, 2.75) is 11.8 Å². The summed E-state index contributed by atoms with van der Waals surface area (Å²) in [6.45, 7) is 1.35. The van der Waals surface area contributed by atoms with Crippen LogP contribution in [0.25, 0.3) is 10.8 Å². The third kappa shape index (κ3) is 4.41. The Balaban J connectivity index is 1.68. The van der Waals surface area contributed by atoms with Crippen molar-refractivity contribution in [2.24, 2.45) is 0 Å². The van der Waals surface area contributed by atoms with Crippen molar-refractivity contribution < 1.29 is 18.5 Å². The van der Waals surface area contributed by atoms with E-state index in [0.717, 1.165) is 10.8 Å². The molecule has 1 N–H and O–H groups in total. The summed E-state index contributed by atoms with van der Waals surface area (Å²) < 4.78 is 17.2. The molecule has 0 aliphatic rings. The van der Waals surface area contributed by atoms with Gasteiger partial charge in [-0.3, -0.25) is 9.00 Å². The Hall–Kier alpha value is -2.99. The molecule has 6 heteroatoms. The standard InChI is InChI=1S/C21H19NO4S/c1-2-27(25)19-13-6-5-11-17(19)21(24)26-14-20(23)22-18-12-7-9-15-8-3-4-10-16(15)18/h3-13H,2,14H2,1H3,(H,22,23)/t27-/m1/s1. The Bertz CT molecular complexity index is 1010. The fourth-order valence-electron chi connectivity index (χ4n) is 2.72. The second kappa shape index (κ2) is 8.60. The van der Waals surface area contributed by atoms with Crippen LogP contribution in [0.15, 0.2) is 71.6 Å². The van der Waals surface area contributed by atoms with E-state index >= 15 is 0 Å². The molecule has 0 unspecified atom stereocenters. The first-order valence-electron chi connectivity index (χ1n) is 8.52. The number of hydrogen-bond donors (Lipinski definition) is 1. The Morgan fingerprint density at radius 2 is 1.67 bits per heavy atom. The van der Waals surface area contributed by atoms with Crippen LogP contribution in [0.2, 0.25) is 0 Å². The topological polar surface area (TPSA) is 72.5 Å². The summed E-state index contributed by atoms with van der Waals surface area (Å²) in [5.41, 5.74) is 0.872. The molecule has 0 fully saturated rings. The number of rotatable bonds is 6. The molecule has 3 rings (SSSR count). The van der Waals surface area contributed by atoms with E-state index in [-0.39, 0.29) is 5.56 Å². The summed E-state index contributed by atoms with van der Waals surface area (Å²) in [5.74, 6) is -0.708. The molecule has 0 saturated heterocycles. The maximum Gasteiger partial charge on any atom is 0.339 e. The number of esters is 1. The average molecular weight is 381 g/mol. The Kier molecular flexibility index (Phi) is 5.98. The third-order valence-electron chi connectivity index (χ3n) is 4.01. The SMILES string of the molecule is CC[S@@](=O)c1ccccc1C(=O)OCC(=O)Nc1cccc2ccccc12. The number of amides is 1. The highest BCUT2D eigenvalue weighted by molar-refractivity contribution is 7.85. The van der Waals surface area contributed by atoms with E-state index in [0.29, 0.717) is 16.3 Å². The van der Waals surface area contributed by atoms with E-state index in [4.69, 9.17) is 4.74 Å². The van der Waals surface area contributed by atoms with Gasteiger partial charge in [0.15, 0.2) is 6.61 Å². The fraction of sp³-hybridized carbons (Fsp3) is 0.143. The summed E-state index contributed by atoms with van der Waals surface area (Å²) in [6.07, 6.45) is 0. The van der Waals surface area contributed by atoms with Gasteiger partial charge in [0, 0.05) is 16.8 Å². The minimum absolute atomic E-state index is 0.218. The van der Waals surface area contributed by atoms with Gasteiger partial charge >= 0.3 is 5.97 Å². The van der Waals surface area contributed by atoms with Crippen LogP contribution >= 0.6 is 0 Å². The monoisotopic (exact) mass is 381 g/mol. The van der Waals surface area contributed by atoms with E-state index < -0.39 is 29.3 Å². The Morgan fingerprint density at radius 1 is 0.963 bits per heavy atom. The van der Waals surface area contributed by atoms with Crippen molar-refractivity contribution in [3.8, 4) is 0 Å². The number of carbonyl (C=O) groups is 2. The number of carbonyl (C=O) groups excluding carboxylic acids is 2. The van der Waals surface area contributed by atoms with Gasteiger partial charge in [-0.25, -0.2) is 4.79 Å². The zero-order chi connectivity index (χ0) is 19.2. The number of nitrogens with one attached hydrogen (secondary N) is 1. The molecule has 0 bridgehead atoms. The van der Waals surface area contributed by atoms with Crippen molar-refractivity contribution in [3.63, 3.8) is 0 Å². The van der Waals surface area contributed by atoms with Gasteiger partial charge in [0.1, 0.15) is 0 Å². The van der Waals surface area contributed by atoms with Crippen LogP contribution in [0, 0.1) is 0 Å². The van der Waals surface area contributed by atoms with Crippen molar-refractivity contribution in [1.82, 2.24) is 0 Å². The molecular formula is C21H19NO4S. The lowest BCUT2D eigenvalue weighted by Gasteiger charge is -2.10. The number of anilines is 1. The van der Waals surface area contributed by atoms with Crippen LogP contribution in [0.5, 0.6) is 0 Å². The second-order valence-electron chi connectivity index (χ2n) is 5.78. The van der Waals surface area contributed by atoms with Gasteiger partial charge < -0.3 is 10.1 Å². The van der Waals surface area contributed by atoms with Gasteiger partial charge in [-0.1, -0.05) is 55.5 Å². The van der Waals surface area contributed by atoms with Gasteiger partial charge in [-0.05, 0) is 23.6 Å². The van der Waals surface area contributed by atoms with Crippen molar-refractivity contribution in [3.05, 3.63) is 72.3 Å². The molecule has 138 valence electrons. The molecule has 1 atom stereocenters. The first-order valence-corrected chi connectivity index (χ1v) is 9.84. The van der Waals surface area contributed by atoms with Crippen molar-refractivity contribution >= 4 is 39.1 Å². The molecule has 1 amide bonds. The number of ether oxygens (including phenoxy) is 1. The molecule has 3 aromatic carbocycles. The third-order valence-corrected chi connectivity index (χ3v) is 5.38. The van der Waals surface area contributed by atoms with Crippen LogP contribution < -0.4 is 5.32 Å². The van der Waals surface area contributed by atoms with Gasteiger partial charge in [0.25, 0.3) is 5.91 Å². The highest BCUT2D eigenvalue weighted by Crippen LogP contribution is 2.23. The molecule has 0 aromatic heterocycles. The smallest absolute Gasteiger partial charge is 0.339 e. The molecule has 0 saturated carbocycles. The molecule has 0 aliphatic carbocycles. The summed E-state index contributed by atoms with van der Waals surface area (Å²) in [4.78, 5) is 25.0. The van der Waals surface area contributed by atoms with Crippen LogP contribution in [-0.2, 0) is 20.3 Å². The van der Waals surface area contributed by atoms with E-state index in [1.165, 1.54) is 0 Å². The molecule has 0 radical (unpaired) electrons. The highest BCUT2D eigenvalue weighted by atomic mass is 32.2. The Labute approximate surface area is 159 Å². The van der Waals surface area contributed by atoms with E-state index in [1.54, 1.807) is 37.3 Å². The quantitative estimate of drug-likeness (QED) is 0.660. The lowest BCUT2D eigenvalue weighted by atomic mass is 10.1. The predicted molar refractivity (Wildman–Crippen MR) is 106 cm³/mol. The molecular weight excluding hydrogens is 362 g/mol. The van der Waals surface area contributed by atoms with Crippen LogP contribution in [0.3, 0.4) is 0 Å². The molecule has 5 nitrogen and oxygen atoms in total. The van der Waals surface area contributed by atoms with Gasteiger partial charge in [-0.15, -0.1) is 0 Å². The minimum atomic E-state index is -1.29. The lowest BCUT2D eigenvalue weighted by molar-refractivity contribution is -0.119. The molecule has 0 heterocycles. The molecule has 3 aromatic rings. The normalized spacial score (nSPS) is 11.7. The summed E-state index contributed by atoms with van der Waals surface area (Å²) in [5, 5.41) is 4.67. The van der Waals surface area contributed by atoms with Crippen molar-refractivity contribution in [1.29, 1.82) is 0 Å². The number of benzene rings is 3. The largest absolute Gasteiger partial charge is 0.452 e. The van der Waals surface area contributed by atoms with Crippen LogP contribution in [0.4, 0.5) is 5.69 Å². The average Bonchev–Trinajstić information content (AvgIpc) is 2.71. The van der Waals surface area contributed by atoms with E-state index in [2.05, 4.69) is 5.32 Å². The second-order valence-corrected chi connectivity index (χ2v) is 7.49. The Morgan fingerprint density at radius 3 is 2.48 bits per heavy atom. The highest BCUT2D eigenvalue weighted by Gasteiger charge is 2.17. The van der Waals surface area contributed by atoms with Crippen molar-refractivity contribution in [2.75, 3.05) is 17.7 Å². The van der Waals surface area contributed by atoms with Gasteiger partial charge in [0.05, 0.1) is 21.3 Å². The van der Waals surface area contributed by atoms with Crippen LogP contribution in [-0.4, -0.2) is 28.4 Å². The summed E-state index contributed by atoms with van der Waals surface area (Å²) in [7, 11) is -1.29.